The maximum Gasteiger partial charge on any atom is 0.251 e. The first-order valence-corrected chi connectivity index (χ1v) is 9.28. The number of nitrogens with one attached hydrogen (secondary N) is 3. The van der Waals surface area contributed by atoms with E-state index in [2.05, 4.69) is 29.8 Å². The van der Waals surface area contributed by atoms with Crippen LogP contribution in [0.2, 0.25) is 0 Å². The molecule has 27 heavy (non-hydrogen) atoms. The molecule has 0 unspecified atom stereocenters. The Labute approximate surface area is 168 Å². The van der Waals surface area contributed by atoms with Crippen molar-refractivity contribution in [1.82, 2.24) is 10.6 Å². The summed E-state index contributed by atoms with van der Waals surface area (Å²) in [5, 5.41) is 9.24. The highest BCUT2D eigenvalue weighted by molar-refractivity contribution is 5.98. The molecular weight excluding hydrogens is 366 g/mol. The van der Waals surface area contributed by atoms with Crippen LogP contribution in [-0.4, -0.2) is 45.2 Å². The quantitative estimate of drug-likeness (QED) is 0.661. The van der Waals surface area contributed by atoms with Crippen LogP contribution in [0.3, 0.4) is 0 Å². The zero-order valence-corrected chi connectivity index (χ0v) is 17.5. The summed E-state index contributed by atoms with van der Waals surface area (Å²) in [6, 6.07) is 5.37. The lowest BCUT2D eigenvalue weighted by Gasteiger charge is -2.35. The van der Waals surface area contributed by atoms with Crippen molar-refractivity contribution in [2.75, 3.05) is 38.7 Å². The number of amides is 2. The van der Waals surface area contributed by atoms with Crippen LogP contribution >= 0.6 is 12.4 Å². The van der Waals surface area contributed by atoms with Crippen LogP contribution in [0.5, 0.6) is 0 Å². The molecule has 0 atom stereocenters. The van der Waals surface area contributed by atoms with E-state index in [1.807, 2.05) is 13.0 Å². The van der Waals surface area contributed by atoms with Crippen molar-refractivity contribution >= 4 is 29.9 Å². The van der Waals surface area contributed by atoms with Gasteiger partial charge in [-0.15, -0.1) is 12.4 Å². The van der Waals surface area contributed by atoms with Gasteiger partial charge in [-0.05, 0) is 62.5 Å². The van der Waals surface area contributed by atoms with Gasteiger partial charge >= 0.3 is 0 Å². The van der Waals surface area contributed by atoms with Crippen LogP contribution in [0.1, 0.15) is 42.6 Å². The van der Waals surface area contributed by atoms with Crippen LogP contribution < -0.4 is 16.0 Å². The van der Waals surface area contributed by atoms with E-state index in [1.165, 1.54) is 0 Å². The molecule has 1 aromatic carbocycles. The lowest BCUT2D eigenvalue weighted by molar-refractivity contribution is -0.130. The molecule has 3 N–H and O–H groups in total. The molecule has 0 radical (unpaired) electrons. The Morgan fingerprint density at radius 1 is 1.26 bits per heavy atom. The van der Waals surface area contributed by atoms with Crippen molar-refractivity contribution in [3.8, 4) is 0 Å². The van der Waals surface area contributed by atoms with Crippen molar-refractivity contribution in [2.45, 2.75) is 33.6 Å². The van der Waals surface area contributed by atoms with Crippen molar-refractivity contribution in [3.63, 3.8) is 0 Å². The number of anilines is 1. The fraction of sp³-hybridized carbons (Fsp3) is 0.600. The van der Waals surface area contributed by atoms with Gasteiger partial charge in [-0.2, -0.15) is 0 Å². The fourth-order valence-electron chi connectivity index (χ4n) is 3.22. The van der Waals surface area contributed by atoms with Gasteiger partial charge in [-0.3, -0.25) is 9.59 Å². The Morgan fingerprint density at radius 2 is 1.93 bits per heavy atom. The lowest BCUT2D eigenvalue weighted by atomic mass is 9.78. The Balaban J connectivity index is 0.00000364. The zero-order valence-electron chi connectivity index (χ0n) is 16.7. The maximum atomic E-state index is 12.9. The number of hydrogen-bond donors (Lipinski definition) is 3. The summed E-state index contributed by atoms with van der Waals surface area (Å²) in [5.74, 6) is 0.301. The predicted octanol–water partition coefficient (Wildman–Crippen LogP) is 2.76. The molecule has 0 spiro atoms. The SMILES string of the molecule is COCC1(C(=O)Nc2ccc(C(=O)NCC(C)C)cc2C)CCNCC1.Cl. The van der Waals surface area contributed by atoms with Gasteiger partial charge in [0, 0.05) is 24.9 Å². The minimum atomic E-state index is -0.500. The summed E-state index contributed by atoms with van der Waals surface area (Å²) in [6.07, 6.45) is 1.50. The normalized spacial score (nSPS) is 15.7. The summed E-state index contributed by atoms with van der Waals surface area (Å²) in [5.41, 5.74) is 1.72. The summed E-state index contributed by atoms with van der Waals surface area (Å²) >= 11 is 0. The van der Waals surface area contributed by atoms with Gasteiger partial charge in [0.2, 0.25) is 5.91 Å². The highest BCUT2D eigenvalue weighted by Crippen LogP contribution is 2.31. The first-order valence-electron chi connectivity index (χ1n) is 9.28. The molecule has 1 fully saturated rings. The predicted molar refractivity (Wildman–Crippen MR) is 111 cm³/mol. The topological polar surface area (TPSA) is 79.5 Å². The van der Waals surface area contributed by atoms with E-state index in [4.69, 9.17) is 4.74 Å². The first-order chi connectivity index (χ1) is 12.4. The lowest BCUT2D eigenvalue weighted by Crippen LogP contribution is -2.47. The van der Waals surface area contributed by atoms with Gasteiger partial charge in [0.25, 0.3) is 5.91 Å². The highest BCUT2D eigenvalue weighted by Gasteiger charge is 2.39. The molecule has 1 aliphatic heterocycles. The van der Waals surface area contributed by atoms with Gasteiger partial charge in [-0.1, -0.05) is 13.8 Å². The molecule has 1 aromatic rings. The van der Waals surface area contributed by atoms with Crippen LogP contribution in [-0.2, 0) is 9.53 Å². The molecule has 1 heterocycles. The number of hydrogen-bond acceptors (Lipinski definition) is 4. The number of ether oxygens (including phenoxy) is 1. The van der Waals surface area contributed by atoms with Crippen LogP contribution in [0.4, 0.5) is 5.69 Å². The average molecular weight is 398 g/mol. The molecule has 0 saturated carbocycles. The molecule has 2 rings (SSSR count). The number of carbonyl (C=O) groups excluding carboxylic acids is 2. The van der Waals surface area contributed by atoms with Crippen molar-refractivity contribution in [2.24, 2.45) is 11.3 Å². The van der Waals surface area contributed by atoms with Crippen LogP contribution in [0, 0.1) is 18.3 Å². The molecule has 1 saturated heterocycles. The van der Waals surface area contributed by atoms with E-state index in [9.17, 15) is 9.59 Å². The number of halogens is 1. The Morgan fingerprint density at radius 3 is 2.48 bits per heavy atom. The second kappa shape index (κ2) is 10.6. The summed E-state index contributed by atoms with van der Waals surface area (Å²) in [7, 11) is 1.63. The van der Waals surface area contributed by atoms with Crippen molar-refractivity contribution in [1.29, 1.82) is 0 Å². The van der Waals surface area contributed by atoms with E-state index in [-0.39, 0.29) is 24.2 Å². The Hall–Kier alpha value is -1.63. The van der Waals surface area contributed by atoms with Gasteiger partial charge in [0.15, 0.2) is 0 Å². The number of methoxy groups -OCH3 is 1. The summed E-state index contributed by atoms with van der Waals surface area (Å²) in [6.45, 7) is 8.69. The minimum absolute atomic E-state index is 0. The summed E-state index contributed by atoms with van der Waals surface area (Å²) < 4.78 is 5.33. The molecule has 6 nitrogen and oxygen atoms in total. The molecule has 2 amide bonds. The molecule has 0 aromatic heterocycles. The highest BCUT2D eigenvalue weighted by atomic mass is 35.5. The van der Waals surface area contributed by atoms with Gasteiger partial charge < -0.3 is 20.7 Å². The average Bonchev–Trinajstić information content (AvgIpc) is 2.62. The number of benzene rings is 1. The minimum Gasteiger partial charge on any atom is -0.384 e. The number of carbonyl (C=O) groups is 2. The molecule has 0 aliphatic carbocycles. The monoisotopic (exact) mass is 397 g/mol. The second-order valence-corrected chi connectivity index (χ2v) is 7.55. The summed E-state index contributed by atoms with van der Waals surface area (Å²) in [4.78, 5) is 25.1. The number of piperidine rings is 1. The number of rotatable bonds is 7. The third kappa shape index (κ3) is 6.19. The molecule has 7 heteroatoms. The third-order valence-corrected chi connectivity index (χ3v) is 4.87. The standard InChI is InChI=1S/C20H31N3O3.ClH/c1-14(2)12-22-18(24)16-5-6-17(15(3)11-16)23-19(25)20(13-26-4)7-9-21-10-8-20;/h5-6,11,14,21H,7-10,12-13H2,1-4H3,(H,22,24)(H,23,25);1H. The van der Waals surface area contributed by atoms with E-state index < -0.39 is 5.41 Å². The Kier molecular flexibility index (Phi) is 9.22. The van der Waals surface area contributed by atoms with E-state index >= 15 is 0 Å². The molecule has 1 aliphatic rings. The van der Waals surface area contributed by atoms with Crippen LogP contribution in [0.25, 0.3) is 0 Å². The van der Waals surface area contributed by atoms with Crippen molar-refractivity contribution < 1.29 is 14.3 Å². The third-order valence-electron chi connectivity index (χ3n) is 4.87. The van der Waals surface area contributed by atoms with Gasteiger partial charge in [0.05, 0.1) is 12.0 Å². The molecule has 0 bridgehead atoms. The molecular formula is C20H32ClN3O3. The van der Waals surface area contributed by atoms with Crippen LogP contribution in [0.15, 0.2) is 18.2 Å². The maximum absolute atomic E-state index is 12.9. The van der Waals surface area contributed by atoms with Gasteiger partial charge in [0.1, 0.15) is 0 Å². The van der Waals surface area contributed by atoms with Gasteiger partial charge in [-0.25, -0.2) is 0 Å². The number of aryl methyl sites for hydroxylation is 1. The largest absolute Gasteiger partial charge is 0.384 e. The Bertz CT molecular complexity index is 638. The van der Waals surface area contributed by atoms with E-state index in [1.54, 1.807) is 19.2 Å². The fourth-order valence-corrected chi connectivity index (χ4v) is 3.22. The first kappa shape index (κ1) is 23.4. The van der Waals surface area contributed by atoms with E-state index in [0.717, 1.165) is 37.2 Å². The zero-order chi connectivity index (χ0) is 19.2. The molecule has 152 valence electrons. The smallest absolute Gasteiger partial charge is 0.251 e. The van der Waals surface area contributed by atoms with Crippen molar-refractivity contribution in [3.05, 3.63) is 29.3 Å². The second-order valence-electron chi connectivity index (χ2n) is 7.55. The van der Waals surface area contributed by atoms with E-state index in [0.29, 0.717) is 24.6 Å².